The van der Waals surface area contributed by atoms with E-state index in [2.05, 4.69) is 15.9 Å². The maximum atomic E-state index is 12.8. The maximum absolute atomic E-state index is 12.8. The van der Waals surface area contributed by atoms with E-state index < -0.39 is 32.9 Å². The molecule has 0 N–H and O–H groups in total. The third-order valence-corrected chi connectivity index (χ3v) is 2.35. The van der Waals surface area contributed by atoms with Crippen LogP contribution in [0.3, 0.4) is 0 Å². The van der Waals surface area contributed by atoms with Crippen LogP contribution in [-0.2, 0) is 0 Å². The molecular formula is C7H3BrF3NO2. The molecule has 1 rings (SSSR count). The molecule has 0 unspecified atom stereocenters. The van der Waals surface area contributed by atoms with Gasteiger partial charge in [-0.25, -0.2) is 8.78 Å². The Balaban J connectivity index is 3.41. The molecule has 0 atom stereocenters. The van der Waals surface area contributed by atoms with Crippen LogP contribution in [-0.4, -0.2) is 4.92 Å². The predicted molar refractivity (Wildman–Crippen MR) is 45.7 cm³/mol. The molecule has 0 radical (unpaired) electrons. The molecular weight excluding hydrogens is 267 g/mol. The van der Waals surface area contributed by atoms with Gasteiger partial charge in [0.05, 0.1) is 4.92 Å². The minimum atomic E-state index is -2.89. The smallest absolute Gasteiger partial charge is 0.258 e. The summed E-state index contributed by atoms with van der Waals surface area (Å²) in [5.41, 5.74) is -1.57. The first-order valence-electron chi connectivity index (χ1n) is 3.35. The third kappa shape index (κ3) is 1.87. The molecule has 0 fully saturated rings. The van der Waals surface area contributed by atoms with E-state index in [-0.39, 0.29) is 0 Å². The number of halogens is 4. The van der Waals surface area contributed by atoms with Gasteiger partial charge >= 0.3 is 5.69 Å². The zero-order chi connectivity index (χ0) is 10.9. The average Bonchev–Trinajstić information content (AvgIpc) is 2.02. The van der Waals surface area contributed by atoms with E-state index in [1.54, 1.807) is 0 Å². The Hall–Kier alpha value is -1.11. The van der Waals surface area contributed by atoms with Crippen molar-refractivity contribution in [2.24, 2.45) is 0 Å². The van der Waals surface area contributed by atoms with E-state index in [0.29, 0.717) is 6.07 Å². The number of hydrogen-bond acceptors (Lipinski definition) is 2. The van der Waals surface area contributed by atoms with E-state index in [0.717, 1.165) is 6.07 Å². The van der Waals surface area contributed by atoms with Crippen LogP contribution in [0.5, 0.6) is 0 Å². The quantitative estimate of drug-likeness (QED) is 0.610. The molecule has 0 saturated carbocycles. The molecule has 7 heteroatoms. The Kier molecular flexibility index (Phi) is 3.10. The molecule has 0 aliphatic heterocycles. The molecule has 0 aliphatic carbocycles. The number of nitro groups is 1. The summed E-state index contributed by atoms with van der Waals surface area (Å²) in [6.45, 7) is 0. The number of benzene rings is 1. The number of nitro benzene ring substituents is 1. The molecule has 1 aromatic rings. The summed E-state index contributed by atoms with van der Waals surface area (Å²) in [4.78, 5) is 9.26. The van der Waals surface area contributed by atoms with Gasteiger partial charge in [0.1, 0.15) is 4.47 Å². The zero-order valence-electron chi connectivity index (χ0n) is 6.51. The van der Waals surface area contributed by atoms with Crippen molar-refractivity contribution in [1.82, 2.24) is 0 Å². The van der Waals surface area contributed by atoms with Gasteiger partial charge < -0.3 is 0 Å². The lowest BCUT2D eigenvalue weighted by atomic mass is 10.2. The van der Waals surface area contributed by atoms with Crippen LogP contribution >= 0.6 is 15.9 Å². The van der Waals surface area contributed by atoms with Gasteiger partial charge in [-0.2, -0.15) is 4.39 Å². The van der Waals surface area contributed by atoms with Crippen LogP contribution in [0.15, 0.2) is 16.6 Å². The molecule has 0 saturated heterocycles. The number of rotatable bonds is 2. The number of alkyl halides is 2. The van der Waals surface area contributed by atoms with Crippen LogP contribution < -0.4 is 0 Å². The summed E-state index contributed by atoms with van der Waals surface area (Å²) in [6, 6.07) is 1.45. The van der Waals surface area contributed by atoms with Gasteiger partial charge in [-0.05, 0) is 28.1 Å². The summed E-state index contributed by atoms with van der Waals surface area (Å²) < 4.78 is 36.8. The first-order valence-corrected chi connectivity index (χ1v) is 4.15. The van der Waals surface area contributed by atoms with Crippen LogP contribution in [0, 0.1) is 15.9 Å². The second kappa shape index (κ2) is 3.95. The molecule has 0 aliphatic rings. The zero-order valence-corrected chi connectivity index (χ0v) is 8.09. The first kappa shape index (κ1) is 11.0. The van der Waals surface area contributed by atoms with Gasteiger partial charge in [0.15, 0.2) is 0 Å². The van der Waals surface area contributed by atoms with E-state index in [4.69, 9.17) is 0 Å². The second-order valence-corrected chi connectivity index (χ2v) is 3.15. The fourth-order valence-corrected chi connectivity index (χ4v) is 1.53. The standard InChI is InChI=1S/C7H3BrF3NO2/c8-5-3(7(10)11)1-2-4(9)6(5)12(13)14/h1-2,7H. The van der Waals surface area contributed by atoms with Gasteiger partial charge in [-0.15, -0.1) is 0 Å². The van der Waals surface area contributed by atoms with Crippen molar-refractivity contribution in [3.05, 3.63) is 38.1 Å². The Morgan fingerprint density at radius 2 is 2.00 bits per heavy atom. The molecule has 0 heterocycles. The van der Waals surface area contributed by atoms with Crippen molar-refractivity contribution in [2.75, 3.05) is 0 Å². The molecule has 1 aromatic carbocycles. The van der Waals surface area contributed by atoms with Crippen LogP contribution in [0.1, 0.15) is 12.0 Å². The van der Waals surface area contributed by atoms with Crippen molar-refractivity contribution in [3.8, 4) is 0 Å². The fraction of sp³-hybridized carbons (Fsp3) is 0.143. The van der Waals surface area contributed by atoms with Crippen molar-refractivity contribution in [1.29, 1.82) is 0 Å². The predicted octanol–water partition coefficient (Wildman–Crippen LogP) is 3.43. The highest BCUT2D eigenvalue weighted by atomic mass is 79.9. The number of hydrogen-bond donors (Lipinski definition) is 0. The van der Waals surface area contributed by atoms with Crippen LogP contribution in [0.25, 0.3) is 0 Å². The van der Waals surface area contributed by atoms with Gasteiger partial charge in [-0.3, -0.25) is 10.1 Å². The minimum absolute atomic E-state index is 0.516. The monoisotopic (exact) mass is 269 g/mol. The van der Waals surface area contributed by atoms with Crippen LogP contribution in [0.2, 0.25) is 0 Å². The first-order chi connectivity index (χ1) is 6.45. The lowest BCUT2D eigenvalue weighted by Gasteiger charge is -2.03. The number of nitrogens with zero attached hydrogens (tertiary/aromatic N) is 1. The fourth-order valence-electron chi connectivity index (χ4n) is 0.892. The van der Waals surface area contributed by atoms with Crippen molar-refractivity contribution in [3.63, 3.8) is 0 Å². The lowest BCUT2D eigenvalue weighted by molar-refractivity contribution is -0.388. The summed E-state index contributed by atoms with van der Waals surface area (Å²) in [5, 5.41) is 10.3. The van der Waals surface area contributed by atoms with Crippen molar-refractivity contribution in [2.45, 2.75) is 6.43 Å². The van der Waals surface area contributed by atoms with Gasteiger partial charge in [-0.1, -0.05) is 0 Å². The van der Waals surface area contributed by atoms with Gasteiger partial charge in [0, 0.05) is 5.56 Å². The molecule has 14 heavy (non-hydrogen) atoms. The molecule has 3 nitrogen and oxygen atoms in total. The second-order valence-electron chi connectivity index (χ2n) is 2.36. The lowest BCUT2D eigenvalue weighted by Crippen LogP contribution is -1.97. The third-order valence-electron chi connectivity index (χ3n) is 1.51. The van der Waals surface area contributed by atoms with E-state index in [1.165, 1.54) is 0 Å². The topological polar surface area (TPSA) is 43.1 Å². The van der Waals surface area contributed by atoms with Gasteiger partial charge in [0.25, 0.3) is 6.43 Å². The molecule has 0 bridgehead atoms. The molecule has 0 aromatic heterocycles. The van der Waals surface area contributed by atoms with Crippen molar-refractivity contribution < 1.29 is 18.1 Å². The Labute approximate surface area is 84.8 Å². The molecule has 76 valence electrons. The highest BCUT2D eigenvalue weighted by Crippen LogP contribution is 2.35. The molecule has 0 amide bonds. The van der Waals surface area contributed by atoms with E-state index in [1.807, 2.05) is 0 Å². The van der Waals surface area contributed by atoms with Crippen LogP contribution in [0.4, 0.5) is 18.9 Å². The largest absolute Gasteiger partial charge is 0.319 e. The molecule has 0 spiro atoms. The van der Waals surface area contributed by atoms with Crippen molar-refractivity contribution >= 4 is 21.6 Å². The minimum Gasteiger partial charge on any atom is -0.258 e. The summed E-state index contributed by atoms with van der Waals surface area (Å²) in [7, 11) is 0. The summed E-state index contributed by atoms with van der Waals surface area (Å²) in [5.74, 6) is -1.15. The maximum Gasteiger partial charge on any atom is 0.319 e. The Morgan fingerprint density at radius 1 is 1.43 bits per heavy atom. The SMILES string of the molecule is O=[N+]([O-])c1c(F)ccc(C(F)F)c1Br. The van der Waals surface area contributed by atoms with E-state index >= 15 is 0 Å². The van der Waals surface area contributed by atoms with Gasteiger partial charge in [0.2, 0.25) is 5.82 Å². The normalized spacial score (nSPS) is 10.6. The summed E-state index contributed by atoms with van der Waals surface area (Å²) >= 11 is 2.57. The highest BCUT2D eigenvalue weighted by molar-refractivity contribution is 9.10. The van der Waals surface area contributed by atoms with E-state index in [9.17, 15) is 23.3 Å². The Morgan fingerprint density at radius 3 is 2.43 bits per heavy atom. The average molecular weight is 270 g/mol. The summed E-state index contributed by atoms with van der Waals surface area (Å²) in [6.07, 6.45) is -2.89. The highest BCUT2D eigenvalue weighted by Gasteiger charge is 2.25. The Bertz CT molecular complexity index is 383.